The third kappa shape index (κ3) is 5.87. The second kappa shape index (κ2) is 11.1. The number of aromatic nitrogens is 4. The van der Waals surface area contributed by atoms with Crippen molar-refractivity contribution >= 4 is 17.5 Å². The van der Waals surface area contributed by atoms with Gasteiger partial charge in [-0.05, 0) is 66.5 Å². The molecular weight excluding hydrogens is 454 g/mol. The van der Waals surface area contributed by atoms with Gasteiger partial charge in [-0.1, -0.05) is 37.8 Å². The van der Waals surface area contributed by atoms with Crippen molar-refractivity contribution in [3.8, 4) is 11.1 Å². The minimum absolute atomic E-state index is 0.118. The predicted octanol–water partition coefficient (Wildman–Crippen LogP) is 5.16. The number of nitrogens with zero attached hydrogens (tertiary/aromatic N) is 3. The molecule has 0 atom stereocenters. The van der Waals surface area contributed by atoms with Crippen LogP contribution in [-0.2, 0) is 11.2 Å². The summed E-state index contributed by atoms with van der Waals surface area (Å²) in [6.45, 7) is 3.48. The van der Waals surface area contributed by atoms with Crippen molar-refractivity contribution in [3.63, 3.8) is 0 Å². The summed E-state index contributed by atoms with van der Waals surface area (Å²) in [6.07, 6.45) is 9.85. The zero-order valence-corrected chi connectivity index (χ0v) is 20.8. The molecule has 1 aliphatic heterocycles. The van der Waals surface area contributed by atoms with Crippen LogP contribution in [0.5, 0.6) is 0 Å². The van der Waals surface area contributed by atoms with Crippen LogP contribution in [0.15, 0.2) is 36.5 Å². The van der Waals surface area contributed by atoms with Crippen LogP contribution in [0.2, 0.25) is 0 Å². The number of ketones is 1. The number of rotatable bonds is 8. The van der Waals surface area contributed by atoms with Crippen molar-refractivity contribution in [2.75, 3.05) is 18.5 Å². The second-order valence-electron chi connectivity index (χ2n) is 10.1. The van der Waals surface area contributed by atoms with E-state index in [1.165, 1.54) is 25.7 Å². The summed E-state index contributed by atoms with van der Waals surface area (Å²) in [5.74, 6) is 2.05. The lowest BCUT2D eigenvalue weighted by atomic mass is 9.90. The Balaban J connectivity index is 1.27. The van der Waals surface area contributed by atoms with Gasteiger partial charge in [0.2, 0.25) is 5.82 Å². The number of aryl methyl sites for hydroxylation is 1. The van der Waals surface area contributed by atoms with E-state index in [2.05, 4.69) is 25.5 Å². The SMILES string of the molecule is Cc1ccc(C(=O)CC2CCOCC2)cc1-c1ccnc(NC(=O)c2n[nH]c(CC3CCCC3)n2)c1. The molecule has 2 N–H and O–H groups in total. The molecule has 1 saturated carbocycles. The highest BCUT2D eigenvalue weighted by molar-refractivity contribution is 6.01. The number of H-pyrrole nitrogens is 1. The zero-order valence-electron chi connectivity index (χ0n) is 20.8. The summed E-state index contributed by atoms with van der Waals surface area (Å²) in [5, 5.41) is 9.83. The van der Waals surface area contributed by atoms with Gasteiger partial charge in [0.1, 0.15) is 11.6 Å². The number of ether oxygens (including phenoxy) is 1. The van der Waals surface area contributed by atoms with Crippen LogP contribution >= 0.6 is 0 Å². The first-order valence-corrected chi connectivity index (χ1v) is 13.0. The Hall–Kier alpha value is -3.39. The molecule has 1 aromatic carbocycles. The number of amides is 1. The predicted molar refractivity (Wildman–Crippen MR) is 137 cm³/mol. The summed E-state index contributed by atoms with van der Waals surface area (Å²) in [6, 6.07) is 9.53. The Morgan fingerprint density at radius 3 is 2.67 bits per heavy atom. The fourth-order valence-corrected chi connectivity index (χ4v) is 5.25. The number of benzene rings is 1. The van der Waals surface area contributed by atoms with Crippen LogP contribution in [0, 0.1) is 18.8 Å². The quantitative estimate of drug-likeness (QED) is 0.425. The molecule has 0 spiro atoms. The number of hydrogen-bond donors (Lipinski definition) is 2. The number of hydrogen-bond acceptors (Lipinski definition) is 6. The van der Waals surface area contributed by atoms with E-state index in [1.54, 1.807) is 6.20 Å². The molecule has 0 radical (unpaired) electrons. The Morgan fingerprint density at radius 2 is 1.86 bits per heavy atom. The summed E-state index contributed by atoms with van der Waals surface area (Å²) in [4.78, 5) is 34.4. The average molecular weight is 488 g/mol. The van der Waals surface area contributed by atoms with Crippen molar-refractivity contribution in [3.05, 3.63) is 59.3 Å². The van der Waals surface area contributed by atoms with Crippen LogP contribution in [0.1, 0.15) is 77.3 Å². The summed E-state index contributed by atoms with van der Waals surface area (Å²) in [5.41, 5.74) is 3.59. The largest absolute Gasteiger partial charge is 0.381 e. The molecule has 0 bridgehead atoms. The molecule has 2 aromatic heterocycles. The second-order valence-corrected chi connectivity index (χ2v) is 10.1. The molecule has 8 nitrogen and oxygen atoms in total. The van der Waals surface area contributed by atoms with E-state index in [4.69, 9.17) is 4.74 Å². The van der Waals surface area contributed by atoms with E-state index in [-0.39, 0.29) is 11.6 Å². The number of pyridine rings is 1. The smallest absolute Gasteiger partial charge is 0.296 e. The van der Waals surface area contributed by atoms with E-state index in [0.717, 1.165) is 55.0 Å². The van der Waals surface area contributed by atoms with Crippen LogP contribution in [0.3, 0.4) is 0 Å². The Bertz CT molecular complexity index is 1230. The average Bonchev–Trinajstić information content (AvgIpc) is 3.58. The van der Waals surface area contributed by atoms with Gasteiger partial charge in [0, 0.05) is 37.8 Å². The molecule has 1 saturated heterocycles. The molecule has 5 rings (SSSR count). The molecule has 2 fully saturated rings. The number of Topliss-reactive ketones (excluding diaryl/α,β-unsaturated/α-hetero) is 1. The van der Waals surface area contributed by atoms with Crippen LogP contribution < -0.4 is 5.32 Å². The van der Waals surface area contributed by atoms with Gasteiger partial charge >= 0.3 is 0 Å². The molecule has 3 aromatic rings. The van der Waals surface area contributed by atoms with Crippen LogP contribution in [-0.4, -0.2) is 45.1 Å². The van der Waals surface area contributed by atoms with Gasteiger partial charge < -0.3 is 10.1 Å². The number of aromatic amines is 1. The molecule has 36 heavy (non-hydrogen) atoms. The number of carbonyl (C=O) groups excluding carboxylic acids is 2. The molecule has 1 amide bonds. The van der Waals surface area contributed by atoms with Crippen molar-refractivity contribution in [1.82, 2.24) is 20.2 Å². The first kappa shape index (κ1) is 24.3. The van der Waals surface area contributed by atoms with E-state index in [0.29, 0.717) is 29.6 Å². The Kier molecular flexibility index (Phi) is 7.51. The fourth-order valence-electron chi connectivity index (χ4n) is 5.25. The monoisotopic (exact) mass is 487 g/mol. The van der Waals surface area contributed by atoms with Gasteiger partial charge in [-0.3, -0.25) is 14.7 Å². The maximum absolute atomic E-state index is 13.0. The lowest BCUT2D eigenvalue weighted by Crippen LogP contribution is -2.18. The number of nitrogens with one attached hydrogen (secondary N) is 2. The van der Waals surface area contributed by atoms with Gasteiger partial charge in [-0.15, -0.1) is 5.10 Å². The van der Waals surface area contributed by atoms with Crippen molar-refractivity contribution < 1.29 is 14.3 Å². The van der Waals surface area contributed by atoms with Crippen LogP contribution in [0.25, 0.3) is 11.1 Å². The van der Waals surface area contributed by atoms with Gasteiger partial charge in [-0.2, -0.15) is 0 Å². The van der Waals surface area contributed by atoms with Crippen LogP contribution in [0.4, 0.5) is 5.82 Å². The summed E-state index contributed by atoms with van der Waals surface area (Å²) in [7, 11) is 0. The van der Waals surface area contributed by atoms with E-state index < -0.39 is 5.91 Å². The standard InChI is InChI=1S/C28H33N5O3/c1-18-6-7-22(24(34)14-20-9-12-36-13-10-20)16-23(18)21-8-11-29-25(17-21)31-28(35)27-30-26(32-33-27)15-19-4-2-3-5-19/h6-8,11,16-17,19-20H,2-5,9-10,12-15H2,1H3,(H,29,31,35)(H,30,32,33). The topological polar surface area (TPSA) is 110 Å². The normalized spacial score (nSPS) is 16.8. The fraction of sp³-hybridized carbons (Fsp3) is 0.464. The molecule has 2 aliphatic rings. The van der Waals surface area contributed by atoms with Crippen molar-refractivity contribution in [2.45, 2.75) is 58.3 Å². The maximum atomic E-state index is 13.0. The van der Waals surface area contributed by atoms with Crippen molar-refractivity contribution in [2.24, 2.45) is 11.8 Å². The Labute approximate surface area is 211 Å². The van der Waals surface area contributed by atoms with Crippen molar-refractivity contribution in [1.29, 1.82) is 0 Å². The lowest BCUT2D eigenvalue weighted by Gasteiger charge is -2.21. The highest BCUT2D eigenvalue weighted by Crippen LogP contribution is 2.29. The number of carbonyl (C=O) groups is 2. The molecule has 8 heteroatoms. The maximum Gasteiger partial charge on any atom is 0.296 e. The van der Waals surface area contributed by atoms with E-state index >= 15 is 0 Å². The summed E-state index contributed by atoms with van der Waals surface area (Å²) < 4.78 is 5.42. The van der Waals surface area contributed by atoms with Gasteiger partial charge in [0.15, 0.2) is 5.78 Å². The third-order valence-corrected chi connectivity index (χ3v) is 7.38. The van der Waals surface area contributed by atoms with Gasteiger partial charge in [0.05, 0.1) is 0 Å². The minimum Gasteiger partial charge on any atom is -0.381 e. The molecule has 188 valence electrons. The molecular formula is C28H33N5O3. The minimum atomic E-state index is -0.398. The summed E-state index contributed by atoms with van der Waals surface area (Å²) >= 11 is 0. The molecule has 0 unspecified atom stereocenters. The molecule has 1 aliphatic carbocycles. The number of anilines is 1. The highest BCUT2D eigenvalue weighted by atomic mass is 16.5. The van der Waals surface area contributed by atoms with E-state index in [9.17, 15) is 9.59 Å². The van der Waals surface area contributed by atoms with Gasteiger partial charge in [0.25, 0.3) is 5.91 Å². The molecule has 3 heterocycles. The van der Waals surface area contributed by atoms with Gasteiger partial charge in [-0.25, -0.2) is 9.97 Å². The lowest BCUT2D eigenvalue weighted by molar-refractivity contribution is 0.0601. The van der Waals surface area contributed by atoms with E-state index in [1.807, 2.05) is 37.3 Å². The third-order valence-electron chi connectivity index (χ3n) is 7.38. The first-order chi connectivity index (χ1) is 17.5. The zero-order chi connectivity index (χ0) is 24.9. The Morgan fingerprint density at radius 1 is 1.06 bits per heavy atom. The highest BCUT2D eigenvalue weighted by Gasteiger charge is 2.21. The first-order valence-electron chi connectivity index (χ1n) is 13.0.